The van der Waals surface area contributed by atoms with Crippen molar-refractivity contribution >= 4 is 20.6 Å². The van der Waals surface area contributed by atoms with E-state index in [1.807, 2.05) is 0 Å². The van der Waals surface area contributed by atoms with Gasteiger partial charge in [-0.3, -0.25) is 0 Å². The molecule has 1 unspecified atom stereocenters. The average molecular weight is 208 g/mol. The molecule has 0 aromatic rings. The summed E-state index contributed by atoms with van der Waals surface area (Å²) in [6.07, 6.45) is 0. The molecule has 3 heteroatoms. The van der Waals surface area contributed by atoms with Crippen LogP contribution in [-0.4, -0.2) is 14.6 Å². The van der Waals surface area contributed by atoms with Crippen LogP contribution in [0.3, 0.4) is 0 Å². The lowest BCUT2D eigenvalue weighted by Gasteiger charge is -2.34. The van der Waals surface area contributed by atoms with E-state index in [0.717, 1.165) is 0 Å². The molecule has 0 spiro atoms. The zero-order chi connectivity index (χ0) is 9.94. The quantitative estimate of drug-likeness (QED) is 0.507. The topological polar surface area (TPSA) is 9.23 Å². The van der Waals surface area contributed by atoms with Gasteiger partial charge in [0.05, 0.1) is 0 Å². The maximum Gasteiger partial charge on any atom is 0.207 e. The summed E-state index contributed by atoms with van der Waals surface area (Å²) in [5, 5.41) is 0. The van der Waals surface area contributed by atoms with Crippen molar-refractivity contribution in [1.82, 2.24) is 0 Å². The fraction of sp³-hybridized carbons (Fsp3) is 1.00. The Hall–Kier alpha value is 0.467. The third-order valence-corrected chi connectivity index (χ3v) is 3.92. The molecule has 0 bridgehead atoms. The molecule has 73 valence electrons. The van der Waals surface area contributed by atoms with Crippen molar-refractivity contribution in [2.75, 3.05) is 0 Å². The SMILES string of the molecule is CC(C)C(C)(C)C(Cl)O[Si](C)C. The minimum absolute atomic E-state index is 0.0590. The van der Waals surface area contributed by atoms with Crippen LogP contribution in [0, 0.1) is 11.3 Å². The summed E-state index contributed by atoms with van der Waals surface area (Å²) in [4.78, 5) is 0. The predicted molar refractivity (Wildman–Crippen MR) is 56.8 cm³/mol. The molecule has 1 nitrogen and oxygen atoms in total. The second kappa shape index (κ2) is 4.63. The summed E-state index contributed by atoms with van der Waals surface area (Å²) in [5.74, 6) is 0.543. The highest BCUT2D eigenvalue weighted by Gasteiger charge is 2.32. The van der Waals surface area contributed by atoms with Gasteiger partial charge in [-0.15, -0.1) is 0 Å². The van der Waals surface area contributed by atoms with Gasteiger partial charge in [0.25, 0.3) is 0 Å². The van der Waals surface area contributed by atoms with E-state index < -0.39 is 9.04 Å². The molecule has 0 aromatic carbocycles. The molecule has 0 saturated carbocycles. The molecule has 0 heterocycles. The monoisotopic (exact) mass is 207 g/mol. The zero-order valence-corrected chi connectivity index (χ0v) is 10.7. The van der Waals surface area contributed by atoms with Crippen molar-refractivity contribution < 1.29 is 4.43 Å². The molecule has 0 N–H and O–H groups in total. The molecule has 0 aliphatic rings. The number of alkyl halides is 1. The molecule has 0 saturated heterocycles. The Morgan fingerprint density at radius 2 is 1.67 bits per heavy atom. The van der Waals surface area contributed by atoms with E-state index >= 15 is 0 Å². The molecule has 0 aromatic heterocycles. The lowest BCUT2D eigenvalue weighted by Crippen LogP contribution is -2.35. The summed E-state index contributed by atoms with van der Waals surface area (Å²) in [6.45, 7) is 12.9. The van der Waals surface area contributed by atoms with Crippen LogP contribution >= 0.6 is 11.6 Å². The lowest BCUT2D eigenvalue weighted by molar-refractivity contribution is 0.0969. The second-order valence-corrected chi connectivity index (χ2v) is 6.77. The van der Waals surface area contributed by atoms with E-state index in [2.05, 4.69) is 40.8 Å². The van der Waals surface area contributed by atoms with E-state index in [1.54, 1.807) is 0 Å². The number of hydrogen-bond acceptors (Lipinski definition) is 1. The average Bonchev–Trinajstić information content (AvgIpc) is 1.85. The summed E-state index contributed by atoms with van der Waals surface area (Å²) in [7, 11) is -0.681. The van der Waals surface area contributed by atoms with Crippen LogP contribution in [0.15, 0.2) is 0 Å². The van der Waals surface area contributed by atoms with Gasteiger partial charge in [-0.05, 0) is 19.0 Å². The van der Waals surface area contributed by atoms with Crippen LogP contribution in [0.4, 0.5) is 0 Å². The summed E-state index contributed by atoms with van der Waals surface area (Å²) >= 11 is 6.17. The standard InChI is InChI=1S/C9H20ClOSi/c1-7(2)9(3,4)8(10)11-12(5)6/h7-8H,1-6H3. The third kappa shape index (κ3) is 3.46. The largest absolute Gasteiger partial charge is 0.401 e. The van der Waals surface area contributed by atoms with E-state index in [9.17, 15) is 0 Å². The Kier molecular flexibility index (Phi) is 4.81. The molecule has 12 heavy (non-hydrogen) atoms. The highest BCUT2D eigenvalue weighted by atomic mass is 35.5. The molecule has 0 fully saturated rings. The smallest absolute Gasteiger partial charge is 0.207 e. The van der Waals surface area contributed by atoms with Gasteiger partial charge in [-0.25, -0.2) is 0 Å². The Bertz CT molecular complexity index is 134. The first-order valence-corrected chi connectivity index (χ1v) is 7.23. The molecular formula is C9H20ClOSi. The van der Waals surface area contributed by atoms with E-state index in [-0.39, 0.29) is 11.0 Å². The first kappa shape index (κ1) is 12.5. The van der Waals surface area contributed by atoms with Crippen LogP contribution in [0.1, 0.15) is 27.7 Å². The van der Waals surface area contributed by atoms with E-state index in [1.165, 1.54) is 0 Å². The first-order valence-electron chi connectivity index (χ1n) is 4.39. The fourth-order valence-electron chi connectivity index (χ4n) is 0.621. The highest BCUT2D eigenvalue weighted by Crippen LogP contribution is 2.34. The lowest BCUT2D eigenvalue weighted by atomic mass is 9.82. The van der Waals surface area contributed by atoms with E-state index in [4.69, 9.17) is 16.0 Å². The van der Waals surface area contributed by atoms with Gasteiger partial charge in [0.2, 0.25) is 9.04 Å². The Morgan fingerprint density at radius 3 is 1.92 bits per heavy atom. The van der Waals surface area contributed by atoms with Gasteiger partial charge in [0.1, 0.15) is 5.56 Å². The number of halogens is 1. The minimum Gasteiger partial charge on any atom is -0.401 e. The molecule has 0 amide bonds. The minimum atomic E-state index is -0.681. The maximum atomic E-state index is 6.17. The molecule has 0 aliphatic carbocycles. The zero-order valence-electron chi connectivity index (χ0n) is 8.94. The van der Waals surface area contributed by atoms with Crippen LogP contribution < -0.4 is 0 Å². The van der Waals surface area contributed by atoms with Crippen LogP contribution in [0.25, 0.3) is 0 Å². The molecule has 1 atom stereocenters. The summed E-state index contributed by atoms with van der Waals surface area (Å²) in [5.41, 5.74) is -0.0925. The Morgan fingerprint density at radius 1 is 1.25 bits per heavy atom. The van der Waals surface area contributed by atoms with Gasteiger partial charge < -0.3 is 4.43 Å². The normalized spacial score (nSPS) is 15.8. The number of hydrogen-bond donors (Lipinski definition) is 0. The molecular weight excluding hydrogens is 188 g/mol. The van der Waals surface area contributed by atoms with E-state index in [0.29, 0.717) is 5.92 Å². The van der Waals surface area contributed by atoms with Gasteiger partial charge in [-0.1, -0.05) is 39.3 Å². The molecule has 0 aliphatic heterocycles. The summed E-state index contributed by atoms with van der Waals surface area (Å²) < 4.78 is 5.64. The second-order valence-electron chi connectivity index (χ2n) is 4.32. The maximum absolute atomic E-state index is 6.17. The van der Waals surface area contributed by atoms with Crippen molar-refractivity contribution in [3.05, 3.63) is 0 Å². The van der Waals surface area contributed by atoms with Crippen molar-refractivity contribution in [1.29, 1.82) is 0 Å². The molecule has 0 rings (SSSR count). The van der Waals surface area contributed by atoms with Crippen LogP contribution in [0.2, 0.25) is 13.1 Å². The Labute approximate surface area is 83.2 Å². The fourth-order valence-corrected chi connectivity index (χ4v) is 2.12. The Balaban J connectivity index is 4.15. The number of rotatable bonds is 4. The van der Waals surface area contributed by atoms with Gasteiger partial charge in [0.15, 0.2) is 0 Å². The van der Waals surface area contributed by atoms with Gasteiger partial charge in [-0.2, -0.15) is 0 Å². The first-order chi connectivity index (χ1) is 5.28. The third-order valence-electron chi connectivity index (χ3n) is 2.41. The predicted octanol–water partition coefficient (Wildman–Crippen LogP) is 3.50. The van der Waals surface area contributed by atoms with Crippen molar-refractivity contribution in [3.63, 3.8) is 0 Å². The molecule has 1 radical (unpaired) electrons. The van der Waals surface area contributed by atoms with Gasteiger partial charge in [0, 0.05) is 5.41 Å². The van der Waals surface area contributed by atoms with Crippen molar-refractivity contribution in [3.8, 4) is 0 Å². The van der Waals surface area contributed by atoms with Crippen molar-refractivity contribution in [2.24, 2.45) is 11.3 Å². The van der Waals surface area contributed by atoms with Crippen LogP contribution in [0.5, 0.6) is 0 Å². The highest BCUT2D eigenvalue weighted by molar-refractivity contribution is 6.49. The summed E-state index contributed by atoms with van der Waals surface area (Å²) in [6, 6.07) is 0. The van der Waals surface area contributed by atoms with Crippen LogP contribution in [-0.2, 0) is 4.43 Å². The van der Waals surface area contributed by atoms with Crippen molar-refractivity contribution in [2.45, 2.75) is 46.4 Å². The van der Waals surface area contributed by atoms with Gasteiger partial charge >= 0.3 is 0 Å².